The number of hydrogen-bond donors (Lipinski definition) is 2. The van der Waals surface area contributed by atoms with E-state index in [0.717, 1.165) is 5.56 Å². The van der Waals surface area contributed by atoms with Gasteiger partial charge in [-0.1, -0.05) is 38.6 Å². The Balaban J connectivity index is 0.00000109. The Morgan fingerprint density at radius 1 is 1.24 bits per heavy atom. The van der Waals surface area contributed by atoms with Crippen LogP contribution in [0.3, 0.4) is 0 Å². The Kier molecular flexibility index (Phi) is 6.06. The number of fused-ring (bicyclic) bond motifs is 1. The minimum atomic E-state index is -0.468. The molecule has 0 aromatic heterocycles. The Bertz CT molecular complexity index is 749. The maximum absolute atomic E-state index is 12.3. The highest BCUT2D eigenvalue weighted by Crippen LogP contribution is 2.42. The Labute approximate surface area is 147 Å². The number of phenolic OH excluding ortho intramolecular Hbond substituents is 2. The molecule has 0 amide bonds. The van der Waals surface area contributed by atoms with Gasteiger partial charge in [-0.2, -0.15) is 0 Å². The predicted molar refractivity (Wildman–Crippen MR) is 95.6 cm³/mol. The molecule has 2 aromatic rings. The van der Waals surface area contributed by atoms with Gasteiger partial charge in [0.1, 0.15) is 41.3 Å². The van der Waals surface area contributed by atoms with E-state index in [2.05, 4.69) is 6.58 Å². The molecule has 0 fully saturated rings. The smallest absolute Gasteiger partial charge is 0.174 e. The van der Waals surface area contributed by atoms with E-state index >= 15 is 0 Å². The summed E-state index contributed by atoms with van der Waals surface area (Å²) >= 11 is 0. The van der Waals surface area contributed by atoms with Crippen molar-refractivity contribution in [2.75, 3.05) is 6.61 Å². The number of aromatic hydroxyl groups is 2. The van der Waals surface area contributed by atoms with Gasteiger partial charge in [0.15, 0.2) is 5.78 Å². The van der Waals surface area contributed by atoms with Crippen molar-refractivity contribution in [2.24, 2.45) is 0 Å². The normalized spacial score (nSPS) is 15.3. The van der Waals surface area contributed by atoms with Crippen molar-refractivity contribution in [3.63, 3.8) is 0 Å². The molecule has 1 unspecified atom stereocenters. The van der Waals surface area contributed by atoms with Gasteiger partial charge >= 0.3 is 0 Å². The second-order valence-electron chi connectivity index (χ2n) is 5.24. The zero-order valence-electron chi connectivity index (χ0n) is 14.4. The minimum absolute atomic E-state index is 0.123. The first-order chi connectivity index (χ1) is 12.1. The molecule has 0 saturated carbocycles. The lowest BCUT2D eigenvalue weighted by molar-refractivity contribution is 0.0844. The van der Waals surface area contributed by atoms with Gasteiger partial charge in [-0.05, 0) is 17.7 Å². The topological polar surface area (TPSA) is 76.0 Å². The number of rotatable bonds is 4. The lowest BCUT2D eigenvalue weighted by atomic mass is 9.95. The molecule has 0 spiro atoms. The predicted octanol–water partition coefficient (Wildman–Crippen LogP) is 4.40. The number of ether oxygens (including phenoxy) is 2. The molecule has 0 radical (unpaired) electrons. The summed E-state index contributed by atoms with van der Waals surface area (Å²) in [6, 6.07) is 9.47. The molecule has 1 aliphatic heterocycles. The van der Waals surface area contributed by atoms with Gasteiger partial charge in [0, 0.05) is 12.1 Å². The number of ketones is 1. The molecule has 5 nitrogen and oxygen atoms in total. The summed E-state index contributed by atoms with van der Waals surface area (Å²) in [4.78, 5) is 12.3. The molecule has 2 N–H and O–H groups in total. The van der Waals surface area contributed by atoms with E-state index in [1.54, 1.807) is 36.4 Å². The summed E-state index contributed by atoms with van der Waals surface area (Å²) < 4.78 is 11.3. The fraction of sp³-hybridized carbons (Fsp3) is 0.250. The number of carbonyl (C=O) groups is 1. The quantitative estimate of drug-likeness (QED) is 0.806. The maximum Gasteiger partial charge on any atom is 0.174 e. The maximum atomic E-state index is 12.3. The van der Waals surface area contributed by atoms with Crippen molar-refractivity contribution in [1.29, 1.82) is 0 Å². The average Bonchev–Trinajstić information content (AvgIpc) is 2.61. The first-order valence-corrected chi connectivity index (χ1v) is 8.18. The number of benzene rings is 2. The zero-order valence-corrected chi connectivity index (χ0v) is 14.4. The molecular formula is C20H22O5. The van der Waals surface area contributed by atoms with Crippen LogP contribution in [0.2, 0.25) is 0 Å². The summed E-state index contributed by atoms with van der Waals surface area (Å²) in [6.07, 6.45) is 1.24. The number of Topliss-reactive ketones (excluding diaryl/α,β-unsaturated/α-hetero) is 1. The second kappa shape index (κ2) is 8.24. The van der Waals surface area contributed by atoms with Gasteiger partial charge in [-0.15, -0.1) is 0 Å². The zero-order chi connectivity index (χ0) is 18.4. The van der Waals surface area contributed by atoms with Crippen LogP contribution in [-0.4, -0.2) is 22.6 Å². The third-order valence-electron chi connectivity index (χ3n) is 3.61. The summed E-state index contributed by atoms with van der Waals surface area (Å²) in [5.41, 5.74) is 0.949. The largest absolute Gasteiger partial charge is 0.508 e. The van der Waals surface area contributed by atoms with Crippen LogP contribution < -0.4 is 9.47 Å². The fourth-order valence-electron chi connectivity index (χ4n) is 2.53. The second-order valence-corrected chi connectivity index (χ2v) is 5.24. The Morgan fingerprint density at radius 3 is 2.56 bits per heavy atom. The van der Waals surface area contributed by atoms with Crippen LogP contribution in [0.1, 0.15) is 42.3 Å². The molecule has 0 bridgehead atoms. The van der Waals surface area contributed by atoms with Crippen LogP contribution >= 0.6 is 0 Å². The summed E-state index contributed by atoms with van der Waals surface area (Å²) in [6.45, 7) is 7.85. The van der Waals surface area contributed by atoms with Crippen LogP contribution in [0.5, 0.6) is 23.0 Å². The van der Waals surface area contributed by atoms with E-state index < -0.39 is 6.10 Å². The van der Waals surface area contributed by atoms with Gasteiger partial charge in [0.2, 0.25) is 0 Å². The van der Waals surface area contributed by atoms with Crippen LogP contribution in [0, 0.1) is 0 Å². The van der Waals surface area contributed by atoms with E-state index in [1.165, 1.54) is 6.07 Å². The van der Waals surface area contributed by atoms with E-state index in [4.69, 9.17) is 9.47 Å². The van der Waals surface area contributed by atoms with Gasteiger partial charge < -0.3 is 19.7 Å². The molecule has 1 aliphatic rings. The van der Waals surface area contributed by atoms with Crippen molar-refractivity contribution in [1.82, 2.24) is 0 Å². The molecular weight excluding hydrogens is 320 g/mol. The monoisotopic (exact) mass is 342 g/mol. The first-order valence-electron chi connectivity index (χ1n) is 8.18. The highest BCUT2D eigenvalue weighted by atomic mass is 16.5. The third kappa shape index (κ3) is 4.12. The van der Waals surface area contributed by atoms with Crippen molar-refractivity contribution in [3.05, 3.63) is 60.2 Å². The summed E-state index contributed by atoms with van der Waals surface area (Å²) in [5.74, 6) is 0.487. The summed E-state index contributed by atoms with van der Waals surface area (Å²) in [7, 11) is 0. The highest BCUT2D eigenvalue weighted by Gasteiger charge is 2.30. The minimum Gasteiger partial charge on any atom is -0.508 e. The van der Waals surface area contributed by atoms with E-state index in [1.807, 2.05) is 13.8 Å². The van der Waals surface area contributed by atoms with Gasteiger partial charge in [-0.3, -0.25) is 4.79 Å². The molecule has 132 valence electrons. The number of carbonyl (C=O) groups excluding carboxylic acids is 1. The van der Waals surface area contributed by atoms with Crippen LogP contribution in [0.4, 0.5) is 0 Å². The SMILES string of the molecule is C=CCOc1cc(O)c2c(c1)OC(c1ccc(O)cc1)CC2=O.CC. The number of hydrogen-bond acceptors (Lipinski definition) is 5. The van der Waals surface area contributed by atoms with Crippen molar-refractivity contribution in [3.8, 4) is 23.0 Å². The standard InChI is InChI=1S/C18H16O5.C2H6/c1-2-7-22-13-8-14(20)18-15(21)10-16(23-17(18)9-13)11-3-5-12(19)6-4-11;1-2/h2-6,8-9,16,19-20H,1,7,10H2;1-2H3. The molecule has 25 heavy (non-hydrogen) atoms. The van der Waals surface area contributed by atoms with Crippen LogP contribution in [0.15, 0.2) is 49.1 Å². The van der Waals surface area contributed by atoms with Crippen LogP contribution in [-0.2, 0) is 0 Å². The van der Waals surface area contributed by atoms with Gasteiger partial charge in [0.25, 0.3) is 0 Å². The van der Waals surface area contributed by atoms with E-state index in [0.29, 0.717) is 11.5 Å². The molecule has 2 aromatic carbocycles. The van der Waals surface area contributed by atoms with Gasteiger partial charge in [-0.25, -0.2) is 0 Å². The fourth-order valence-corrected chi connectivity index (χ4v) is 2.53. The number of phenols is 2. The molecule has 1 heterocycles. The molecule has 0 aliphatic carbocycles. The van der Waals surface area contributed by atoms with Crippen molar-refractivity contribution < 1.29 is 24.5 Å². The lowest BCUT2D eigenvalue weighted by Crippen LogP contribution is -2.20. The first kappa shape index (κ1) is 18.4. The van der Waals surface area contributed by atoms with E-state index in [9.17, 15) is 15.0 Å². The molecule has 3 rings (SSSR count). The van der Waals surface area contributed by atoms with Gasteiger partial charge in [0.05, 0.1) is 6.42 Å². The Hall–Kier alpha value is -2.95. The van der Waals surface area contributed by atoms with Crippen LogP contribution in [0.25, 0.3) is 0 Å². The summed E-state index contributed by atoms with van der Waals surface area (Å²) in [5, 5.41) is 19.4. The lowest BCUT2D eigenvalue weighted by Gasteiger charge is -2.26. The van der Waals surface area contributed by atoms with Crippen molar-refractivity contribution in [2.45, 2.75) is 26.4 Å². The van der Waals surface area contributed by atoms with E-state index in [-0.39, 0.29) is 35.9 Å². The molecule has 0 saturated heterocycles. The average molecular weight is 342 g/mol. The molecule has 5 heteroatoms. The highest BCUT2D eigenvalue weighted by molar-refractivity contribution is 6.02. The van der Waals surface area contributed by atoms with Crippen molar-refractivity contribution >= 4 is 5.78 Å². The molecule has 1 atom stereocenters. The third-order valence-corrected chi connectivity index (χ3v) is 3.61. The Morgan fingerprint density at radius 2 is 1.92 bits per heavy atom.